The van der Waals surface area contributed by atoms with Crippen molar-refractivity contribution in [2.75, 3.05) is 0 Å². The molecular weight excluding hydrogens is 342 g/mol. The molecule has 1 aliphatic carbocycles. The van der Waals surface area contributed by atoms with E-state index in [1.807, 2.05) is 42.7 Å². The lowest BCUT2D eigenvalue weighted by Crippen LogP contribution is -2.45. The first-order chi connectivity index (χ1) is 12.9. The van der Waals surface area contributed by atoms with Gasteiger partial charge in [-0.1, -0.05) is 31.4 Å². The molecule has 6 heteroatoms. The largest absolute Gasteiger partial charge is 0.481 e. The molecule has 27 heavy (non-hydrogen) atoms. The molecule has 2 N–H and O–H groups in total. The fourth-order valence-electron chi connectivity index (χ4n) is 3.98. The maximum absolute atomic E-state index is 12.7. The molecule has 0 spiro atoms. The van der Waals surface area contributed by atoms with Gasteiger partial charge in [0, 0.05) is 17.9 Å². The van der Waals surface area contributed by atoms with Gasteiger partial charge < -0.3 is 15.0 Å². The Kier molecular flexibility index (Phi) is 5.82. The summed E-state index contributed by atoms with van der Waals surface area (Å²) in [7, 11) is 0. The van der Waals surface area contributed by atoms with Crippen LogP contribution in [0.4, 0.5) is 0 Å². The third-order valence-corrected chi connectivity index (χ3v) is 5.40. The van der Waals surface area contributed by atoms with Crippen molar-refractivity contribution in [1.82, 2.24) is 14.9 Å². The molecule has 3 rings (SSSR count). The monoisotopic (exact) mass is 371 g/mol. The van der Waals surface area contributed by atoms with E-state index in [1.54, 1.807) is 0 Å². The van der Waals surface area contributed by atoms with Gasteiger partial charge in [0.15, 0.2) is 0 Å². The highest BCUT2D eigenvalue weighted by molar-refractivity contribution is 5.81. The summed E-state index contributed by atoms with van der Waals surface area (Å²) >= 11 is 0. The molecule has 0 unspecified atom stereocenters. The molecule has 1 fully saturated rings. The average molecular weight is 371 g/mol. The van der Waals surface area contributed by atoms with Crippen LogP contribution in [0.25, 0.3) is 11.0 Å². The van der Waals surface area contributed by atoms with Crippen LogP contribution in [0.5, 0.6) is 0 Å². The van der Waals surface area contributed by atoms with E-state index in [0.717, 1.165) is 29.7 Å². The molecule has 1 aromatic carbocycles. The first kappa shape index (κ1) is 19.4. The normalized spacial score (nSPS) is 15.8. The molecule has 2 aromatic rings. The Bertz CT molecular complexity index is 819. The number of nitrogens with one attached hydrogen (secondary N) is 1. The second-order valence-electron chi connectivity index (χ2n) is 8.21. The van der Waals surface area contributed by atoms with Crippen LogP contribution in [0.2, 0.25) is 0 Å². The van der Waals surface area contributed by atoms with Crippen LogP contribution >= 0.6 is 0 Å². The van der Waals surface area contributed by atoms with E-state index < -0.39 is 11.5 Å². The molecule has 6 nitrogen and oxygen atoms in total. The topological polar surface area (TPSA) is 84.2 Å². The van der Waals surface area contributed by atoms with E-state index in [4.69, 9.17) is 10.1 Å². The first-order valence-electron chi connectivity index (χ1n) is 9.84. The van der Waals surface area contributed by atoms with Crippen LogP contribution in [0.3, 0.4) is 0 Å². The predicted molar refractivity (Wildman–Crippen MR) is 105 cm³/mol. The van der Waals surface area contributed by atoms with E-state index >= 15 is 0 Å². The third kappa shape index (κ3) is 4.87. The number of amides is 1. The van der Waals surface area contributed by atoms with Crippen LogP contribution in [0.1, 0.15) is 70.5 Å². The van der Waals surface area contributed by atoms with Gasteiger partial charge in [-0.15, -0.1) is 0 Å². The molecule has 1 saturated carbocycles. The van der Waals surface area contributed by atoms with Crippen molar-refractivity contribution in [3.63, 3.8) is 0 Å². The van der Waals surface area contributed by atoms with Crippen molar-refractivity contribution in [2.24, 2.45) is 0 Å². The van der Waals surface area contributed by atoms with Gasteiger partial charge in [0.1, 0.15) is 12.4 Å². The summed E-state index contributed by atoms with van der Waals surface area (Å²) in [5.41, 5.74) is 1.35. The summed E-state index contributed by atoms with van der Waals surface area (Å²) in [6, 6.07) is 7.95. The number of hydrogen-bond donors (Lipinski definition) is 2. The van der Waals surface area contributed by atoms with Crippen LogP contribution in [-0.4, -0.2) is 32.1 Å². The zero-order valence-corrected chi connectivity index (χ0v) is 16.2. The van der Waals surface area contributed by atoms with Crippen molar-refractivity contribution in [3.8, 4) is 0 Å². The van der Waals surface area contributed by atoms with Gasteiger partial charge in [-0.2, -0.15) is 0 Å². The fraction of sp³-hybridized carbons (Fsp3) is 0.571. The SMILES string of the molecule is CC(C)(CCC(=O)O)NC(=O)Cn1c(C2CCCCC2)nc2ccccc21. The minimum atomic E-state index is -0.850. The quantitative estimate of drug-likeness (QED) is 0.774. The number of aliphatic carboxylic acids is 1. The number of rotatable bonds is 7. The van der Waals surface area contributed by atoms with Gasteiger partial charge in [0.2, 0.25) is 5.91 Å². The number of aromatic nitrogens is 2. The van der Waals surface area contributed by atoms with E-state index in [-0.39, 0.29) is 18.9 Å². The Hall–Kier alpha value is -2.37. The minimum Gasteiger partial charge on any atom is -0.481 e. The van der Waals surface area contributed by atoms with Crippen molar-refractivity contribution in [3.05, 3.63) is 30.1 Å². The fourth-order valence-corrected chi connectivity index (χ4v) is 3.98. The number of para-hydroxylation sites is 2. The lowest BCUT2D eigenvalue weighted by Gasteiger charge is -2.27. The average Bonchev–Trinajstić information content (AvgIpc) is 2.99. The zero-order chi connectivity index (χ0) is 19.4. The van der Waals surface area contributed by atoms with Crippen molar-refractivity contribution in [1.29, 1.82) is 0 Å². The Morgan fingerprint density at radius 1 is 1.22 bits per heavy atom. The maximum atomic E-state index is 12.7. The standard InChI is InChI=1S/C21H29N3O3/c1-21(2,13-12-19(26)27)23-18(25)14-24-17-11-7-6-10-16(17)22-20(24)15-8-4-3-5-9-15/h6-7,10-11,15H,3-5,8-9,12-14H2,1-2H3,(H,23,25)(H,26,27). The first-order valence-corrected chi connectivity index (χ1v) is 9.84. The number of fused-ring (bicyclic) bond motifs is 1. The summed E-state index contributed by atoms with van der Waals surface area (Å²) in [5.74, 6) is 0.455. The van der Waals surface area contributed by atoms with Crippen molar-refractivity contribution >= 4 is 22.9 Å². The van der Waals surface area contributed by atoms with Crippen LogP contribution in [0.15, 0.2) is 24.3 Å². The number of carbonyl (C=O) groups is 2. The minimum absolute atomic E-state index is 0.0363. The van der Waals surface area contributed by atoms with Gasteiger partial charge in [0.05, 0.1) is 11.0 Å². The molecule has 1 aromatic heterocycles. The van der Waals surface area contributed by atoms with Crippen molar-refractivity contribution in [2.45, 2.75) is 76.8 Å². The highest BCUT2D eigenvalue weighted by Crippen LogP contribution is 2.33. The predicted octanol–water partition coefficient (Wildman–Crippen LogP) is 3.84. The maximum Gasteiger partial charge on any atom is 0.303 e. The summed E-state index contributed by atoms with van der Waals surface area (Å²) < 4.78 is 2.05. The summed E-state index contributed by atoms with van der Waals surface area (Å²) in [5, 5.41) is 11.9. The smallest absolute Gasteiger partial charge is 0.303 e. The molecule has 0 radical (unpaired) electrons. The van der Waals surface area contributed by atoms with Gasteiger partial charge in [-0.05, 0) is 45.2 Å². The number of carboxylic acid groups (broad SMARTS) is 1. The lowest BCUT2D eigenvalue weighted by molar-refractivity contribution is -0.137. The van der Waals surface area contributed by atoms with Crippen LogP contribution < -0.4 is 5.32 Å². The molecule has 1 heterocycles. The Morgan fingerprint density at radius 2 is 1.93 bits per heavy atom. The van der Waals surface area contributed by atoms with E-state index in [1.165, 1.54) is 19.3 Å². The number of nitrogens with zero attached hydrogens (tertiary/aromatic N) is 2. The molecule has 1 amide bonds. The van der Waals surface area contributed by atoms with E-state index in [2.05, 4.69) is 5.32 Å². The number of hydrogen-bond acceptors (Lipinski definition) is 3. The van der Waals surface area contributed by atoms with Crippen molar-refractivity contribution < 1.29 is 14.7 Å². The van der Waals surface area contributed by atoms with Gasteiger partial charge in [0.25, 0.3) is 0 Å². The molecule has 0 bridgehead atoms. The van der Waals surface area contributed by atoms with Gasteiger partial charge in [-0.25, -0.2) is 4.98 Å². The highest BCUT2D eigenvalue weighted by Gasteiger charge is 2.26. The molecule has 146 valence electrons. The number of carbonyl (C=O) groups excluding carboxylic acids is 1. The van der Waals surface area contributed by atoms with Gasteiger partial charge in [-0.3, -0.25) is 9.59 Å². The second-order valence-corrected chi connectivity index (χ2v) is 8.21. The van der Waals surface area contributed by atoms with Crippen LogP contribution in [-0.2, 0) is 16.1 Å². The number of benzene rings is 1. The highest BCUT2D eigenvalue weighted by atomic mass is 16.4. The molecule has 0 aliphatic heterocycles. The summed E-state index contributed by atoms with van der Waals surface area (Å²) in [6.07, 6.45) is 6.37. The Labute approximate surface area is 160 Å². The van der Waals surface area contributed by atoms with E-state index in [9.17, 15) is 9.59 Å². The lowest BCUT2D eigenvalue weighted by atomic mass is 9.88. The van der Waals surface area contributed by atoms with E-state index in [0.29, 0.717) is 12.3 Å². The summed E-state index contributed by atoms with van der Waals surface area (Å²) in [4.78, 5) is 28.4. The molecule has 0 atom stereocenters. The second kappa shape index (κ2) is 8.11. The molecular formula is C21H29N3O3. The van der Waals surface area contributed by atoms with Gasteiger partial charge >= 0.3 is 5.97 Å². The molecule has 0 saturated heterocycles. The summed E-state index contributed by atoms with van der Waals surface area (Å²) in [6.45, 7) is 3.94. The number of imidazole rings is 1. The molecule has 1 aliphatic rings. The Morgan fingerprint density at radius 3 is 2.63 bits per heavy atom. The number of carboxylic acids is 1. The zero-order valence-electron chi connectivity index (χ0n) is 16.2. The van der Waals surface area contributed by atoms with Crippen LogP contribution in [0, 0.1) is 0 Å². The Balaban J connectivity index is 1.80. The third-order valence-electron chi connectivity index (χ3n) is 5.40.